The van der Waals surface area contributed by atoms with Gasteiger partial charge in [0.25, 0.3) is 0 Å². The van der Waals surface area contributed by atoms with Gasteiger partial charge in [0.15, 0.2) is 11.0 Å². The number of halogens is 1. The van der Waals surface area contributed by atoms with E-state index in [-0.39, 0.29) is 11.8 Å². The van der Waals surface area contributed by atoms with Gasteiger partial charge in [-0.1, -0.05) is 18.5 Å². The molecule has 6 nitrogen and oxygen atoms in total. The first-order chi connectivity index (χ1) is 8.51. The van der Waals surface area contributed by atoms with E-state index in [2.05, 4.69) is 20.6 Å². The molecule has 0 aromatic carbocycles. The summed E-state index contributed by atoms with van der Waals surface area (Å²) in [5.74, 6) is 0.528. The normalized spacial score (nSPS) is 11.8. The molecule has 1 heterocycles. The summed E-state index contributed by atoms with van der Waals surface area (Å²) in [6.45, 7) is 2.40. The number of hydrogen-bond acceptors (Lipinski definition) is 5. The van der Waals surface area contributed by atoms with Crippen molar-refractivity contribution in [2.45, 2.75) is 6.92 Å². The Labute approximate surface area is 112 Å². The van der Waals surface area contributed by atoms with Gasteiger partial charge < -0.3 is 15.5 Å². The third-order valence-electron chi connectivity index (χ3n) is 2.63. The smallest absolute Gasteiger partial charge is 0.224 e. The third kappa shape index (κ3) is 3.22. The van der Waals surface area contributed by atoms with Crippen LogP contribution in [0.15, 0.2) is 6.33 Å². The zero-order valence-electron chi connectivity index (χ0n) is 11.0. The first-order valence-corrected chi connectivity index (χ1v) is 6.00. The van der Waals surface area contributed by atoms with Gasteiger partial charge in [0, 0.05) is 27.7 Å². The average Bonchev–Trinajstić information content (AvgIpc) is 2.37. The Hall–Kier alpha value is -1.56. The minimum Gasteiger partial charge on any atom is -0.383 e. The maximum Gasteiger partial charge on any atom is 0.224 e. The second-order valence-electron chi connectivity index (χ2n) is 4.01. The van der Waals surface area contributed by atoms with Crippen LogP contribution in [0.5, 0.6) is 0 Å². The third-order valence-corrected chi connectivity index (χ3v) is 2.92. The van der Waals surface area contributed by atoms with Crippen molar-refractivity contribution in [1.82, 2.24) is 15.3 Å². The van der Waals surface area contributed by atoms with Crippen LogP contribution in [0.25, 0.3) is 0 Å². The Morgan fingerprint density at radius 2 is 2.17 bits per heavy atom. The van der Waals surface area contributed by atoms with E-state index in [9.17, 15) is 4.79 Å². The molecule has 0 aliphatic heterocycles. The van der Waals surface area contributed by atoms with Crippen LogP contribution in [0, 0.1) is 5.92 Å². The molecular weight excluding hydrogens is 254 g/mol. The number of hydrogen-bond donors (Lipinski definition) is 2. The monoisotopic (exact) mass is 271 g/mol. The molecule has 0 spiro atoms. The molecule has 1 aromatic rings. The molecule has 100 valence electrons. The number of aromatic nitrogens is 2. The lowest BCUT2D eigenvalue weighted by atomic mass is 10.1. The second kappa shape index (κ2) is 6.39. The lowest BCUT2D eigenvalue weighted by Gasteiger charge is -2.23. The highest BCUT2D eigenvalue weighted by atomic mass is 35.5. The summed E-state index contributed by atoms with van der Waals surface area (Å²) in [7, 11) is 5.24. The number of amides is 1. The molecule has 0 saturated heterocycles. The Balaban J connectivity index is 2.87. The molecule has 0 aliphatic rings. The summed E-state index contributed by atoms with van der Waals surface area (Å²) in [6.07, 6.45) is 1.40. The van der Waals surface area contributed by atoms with Gasteiger partial charge in [-0.25, -0.2) is 9.97 Å². The van der Waals surface area contributed by atoms with Gasteiger partial charge in [-0.05, 0) is 0 Å². The van der Waals surface area contributed by atoms with E-state index in [1.807, 2.05) is 18.9 Å². The number of rotatable bonds is 5. The summed E-state index contributed by atoms with van der Waals surface area (Å²) in [5, 5.41) is 5.95. The SMILES string of the molecule is CNC(=O)C(C)CN(C)c1ncnc(Cl)c1NC. The van der Waals surface area contributed by atoms with Crippen LogP contribution in [0.3, 0.4) is 0 Å². The molecule has 0 bridgehead atoms. The molecule has 7 heteroatoms. The zero-order valence-corrected chi connectivity index (χ0v) is 11.7. The van der Waals surface area contributed by atoms with Gasteiger partial charge in [0.2, 0.25) is 5.91 Å². The number of carbonyl (C=O) groups excluding carboxylic acids is 1. The van der Waals surface area contributed by atoms with Crippen LogP contribution < -0.4 is 15.5 Å². The maximum atomic E-state index is 11.5. The molecular formula is C11H18ClN5O. The summed E-state index contributed by atoms with van der Waals surface area (Å²) in [6, 6.07) is 0. The first kappa shape index (κ1) is 14.5. The molecule has 0 radical (unpaired) electrons. The van der Waals surface area contributed by atoms with Crippen molar-refractivity contribution in [1.29, 1.82) is 0 Å². The molecule has 1 atom stereocenters. The van der Waals surface area contributed by atoms with Gasteiger partial charge in [0.1, 0.15) is 12.0 Å². The van der Waals surface area contributed by atoms with E-state index in [1.165, 1.54) is 6.33 Å². The van der Waals surface area contributed by atoms with E-state index in [1.54, 1.807) is 14.1 Å². The van der Waals surface area contributed by atoms with Gasteiger partial charge in [-0.3, -0.25) is 4.79 Å². The van der Waals surface area contributed by atoms with Crippen molar-refractivity contribution in [3.63, 3.8) is 0 Å². The summed E-state index contributed by atoms with van der Waals surface area (Å²) in [4.78, 5) is 21.5. The van der Waals surface area contributed by atoms with Crippen molar-refractivity contribution < 1.29 is 4.79 Å². The van der Waals surface area contributed by atoms with Crippen molar-refractivity contribution in [2.75, 3.05) is 37.9 Å². The lowest BCUT2D eigenvalue weighted by Crippen LogP contribution is -2.35. The topological polar surface area (TPSA) is 70.2 Å². The van der Waals surface area contributed by atoms with Gasteiger partial charge in [0.05, 0.1) is 5.92 Å². The van der Waals surface area contributed by atoms with E-state index < -0.39 is 0 Å². The molecule has 2 N–H and O–H groups in total. The molecule has 0 aliphatic carbocycles. The summed E-state index contributed by atoms with van der Waals surface area (Å²) in [5.41, 5.74) is 0.658. The highest BCUT2D eigenvalue weighted by Crippen LogP contribution is 2.28. The number of anilines is 2. The minimum atomic E-state index is -0.140. The number of carbonyl (C=O) groups is 1. The molecule has 0 fully saturated rings. The van der Waals surface area contributed by atoms with E-state index in [4.69, 9.17) is 11.6 Å². The average molecular weight is 272 g/mol. The predicted molar refractivity (Wildman–Crippen MR) is 73.1 cm³/mol. The molecule has 1 aromatic heterocycles. The van der Waals surface area contributed by atoms with Crippen LogP contribution in [0.4, 0.5) is 11.5 Å². The highest BCUT2D eigenvalue weighted by molar-refractivity contribution is 6.32. The molecule has 1 rings (SSSR count). The van der Waals surface area contributed by atoms with E-state index in [0.717, 1.165) is 0 Å². The molecule has 1 unspecified atom stereocenters. The van der Waals surface area contributed by atoms with Crippen molar-refractivity contribution in [3.05, 3.63) is 11.5 Å². The van der Waals surface area contributed by atoms with Crippen molar-refractivity contribution >= 4 is 29.0 Å². The number of nitrogens with one attached hydrogen (secondary N) is 2. The van der Waals surface area contributed by atoms with Crippen LogP contribution >= 0.6 is 11.6 Å². The van der Waals surface area contributed by atoms with Gasteiger partial charge in [-0.15, -0.1) is 0 Å². The quantitative estimate of drug-likeness (QED) is 0.782. The van der Waals surface area contributed by atoms with Crippen LogP contribution in [-0.2, 0) is 4.79 Å². The Morgan fingerprint density at radius 1 is 1.50 bits per heavy atom. The van der Waals surface area contributed by atoms with Gasteiger partial charge in [-0.2, -0.15) is 0 Å². The first-order valence-electron chi connectivity index (χ1n) is 5.62. The number of nitrogens with zero attached hydrogens (tertiary/aromatic N) is 3. The highest BCUT2D eigenvalue weighted by Gasteiger charge is 2.18. The Morgan fingerprint density at radius 3 is 2.72 bits per heavy atom. The van der Waals surface area contributed by atoms with Crippen LogP contribution in [0.1, 0.15) is 6.92 Å². The summed E-state index contributed by atoms with van der Waals surface area (Å²) >= 11 is 5.98. The molecule has 18 heavy (non-hydrogen) atoms. The fourth-order valence-corrected chi connectivity index (χ4v) is 1.91. The van der Waals surface area contributed by atoms with E-state index >= 15 is 0 Å². The fraction of sp³-hybridized carbons (Fsp3) is 0.545. The second-order valence-corrected chi connectivity index (χ2v) is 4.37. The maximum absolute atomic E-state index is 11.5. The fourth-order valence-electron chi connectivity index (χ4n) is 1.69. The van der Waals surface area contributed by atoms with Crippen molar-refractivity contribution in [2.24, 2.45) is 5.92 Å². The zero-order chi connectivity index (χ0) is 13.7. The van der Waals surface area contributed by atoms with E-state index in [0.29, 0.717) is 23.2 Å². The molecule has 0 saturated carbocycles. The molecule has 1 amide bonds. The predicted octanol–water partition coefficient (Wildman–Crippen LogP) is 0.990. The Bertz CT molecular complexity index is 426. The van der Waals surface area contributed by atoms with Crippen LogP contribution in [-0.4, -0.2) is 43.6 Å². The largest absolute Gasteiger partial charge is 0.383 e. The van der Waals surface area contributed by atoms with Crippen LogP contribution in [0.2, 0.25) is 5.15 Å². The van der Waals surface area contributed by atoms with Crippen molar-refractivity contribution in [3.8, 4) is 0 Å². The summed E-state index contributed by atoms with van der Waals surface area (Å²) < 4.78 is 0. The Kier molecular flexibility index (Phi) is 5.15. The minimum absolute atomic E-state index is 0.00647. The standard InChI is InChI=1S/C11H18ClN5O/c1-7(11(18)14-3)5-17(4)10-8(13-2)9(12)15-6-16-10/h6-7,13H,5H2,1-4H3,(H,14,18). The lowest BCUT2D eigenvalue weighted by molar-refractivity contribution is -0.123. The van der Waals surface area contributed by atoms with Gasteiger partial charge >= 0.3 is 0 Å².